The van der Waals surface area contributed by atoms with Crippen molar-refractivity contribution in [2.75, 3.05) is 36.4 Å². The lowest BCUT2D eigenvalue weighted by Gasteiger charge is -2.34. The van der Waals surface area contributed by atoms with Crippen LogP contribution in [0.3, 0.4) is 0 Å². The van der Waals surface area contributed by atoms with Gasteiger partial charge in [-0.25, -0.2) is 14.2 Å². The molecule has 0 atom stereocenters. The van der Waals surface area contributed by atoms with Gasteiger partial charge in [0.2, 0.25) is 5.13 Å². The SMILES string of the molecule is O=C(Nc1cccc(Cl)c1Cl)N1CCN(c2nc(Cc3ccc(F)cc3)ns2)CC1. The largest absolute Gasteiger partial charge is 0.343 e. The number of nitrogens with one attached hydrogen (secondary N) is 1. The molecule has 0 bridgehead atoms. The Labute approximate surface area is 187 Å². The van der Waals surface area contributed by atoms with Crippen molar-refractivity contribution in [1.82, 2.24) is 14.3 Å². The summed E-state index contributed by atoms with van der Waals surface area (Å²) < 4.78 is 17.5. The molecule has 10 heteroatoms. The molecular formula is C20H18Cl2FN5OS. The number of hydrogen-bond donors (Lipinski definition) is 1. The van der Waals surface area contributed by atoms with E-state index in [9.17, 15) is 9.18 Å². The maximum atomic E-state index is 13.0. The minimum atomic E-state index is -0.259. The van der Waals surface area contributed by atoms with E-state index in [1.54, 1.807) is 35.2 Å². The fourth-order valence-corrected chi connectivity index (χ4v) is 4.21. The molecule has 0 unspecified atom stereocenters. The van der Waals surface area contributed by atoms with E-state index in [0.29, 0.717) is 54.2 Å². The number of urea groups is 1. The maximum absolute atomic E-state index is 13.0. The van der Waals surface area contributed by atoms with Crippen LogP contribution in [0.15, 0.2) is 42.5 Å². The van der Waals surface area contributed by atoms with E-state index in [-0.39, 0.29) is 11.8 Å². The van der Waals surface area contributed by atoms with Crippen molar-refractivity contribution < 1.29 is 9.18 Å². The summed E-state index contributed by atoms with van der Waals surface area (Å²) >= 11 is 13.5. The van der Waals surface area contributed by atoms with Gasteiger partial charge < -0.3 is 15.1 Å². The van der Waals surface area contributed by atoms with E-state index in [1.165, 1.54) is 23.7 Å². The van der Waals surface area contributed by atoms with Gasteiger partial charge >= 0.3 is 6.03 Å². The van der Waals surface area contributed by atoms with Gasteiger partial charge in [-0.2, -0.15) is 4.37 Å². The lowest BCUT2D eigenvalue weighted by Crippen LogP contribution is -2.50. The van der Waals surface area contributed by atoms with Gasteiger partial charge in [-0.05, 0) is 29.8 Å². The first-order valence-electron chi connectivity index (χ1n) is 9.31. The minimum Gasteiger partial charge on any atom is -0.343 e. The molecule has 0 aliphatic carbocycles. The van der Waals surface area contributed by atoms with Crippen LogP contribution in [0, 0.1) is 5.82 Å². The molecule has 2 aromatic carbocycles. The Kier molecular flexibility index (Phi) is 6.36. The van der Waals surface area contributed by atoms with E-state index in [1.807, 2.05) is 0 Å². The zero-order valence-electron chi connectivity index (χ0n) is 15.8. The highest BCUT2D eigenvalue weighted by Crippen LogP contribution is 2.30. The molecule has 1 fully saturated rings. The standard InChI is InChI=1S/C20H18Cl2FN5OS/c21-15-2-1-3-16(18(15)22)24-19(29)27-8-10-28(11-9-27)20-25-17(26-30-20)12-13-4-6-14(23)7-5-13/h1-7H,8-12H2,(H,24,29). The molecule has 1 saturated heterocycles. The quantitative estimate of drug-likeness (QED) is 0.593. The normalized spacial score (nSPS) is 14.1. The fraction of sp³-hybridized carbons (Fsp3) is 0.250. The number of aromatic nitrogens is 2. The minimum absolute atomic E-state index is 0.215. The van der Waals surface area contributed by atoms with Crippen LogP contribution in [0.5, 0.6) is 0 Å². The van der Waals surface area contributed by atoms with E-state index in [4.69, 9.17) is 23.2 Å². The Balaban J connectivity index is 1.32. The number of rotatable bonds is 4. The van der Waals surface area contributed by atoms with Gasteiger partial charge in [-0.15, -0.1) is 0 Å². The summed E-state index contributed by atoms with van der Waals surface area (Å²) in [6.45, 7) is 2.41. The molecule has 2 amide bonds. The molecule has 1 N–H and O–H groups in total. The highest BCUT2D eigenvalue weighted by Gasteiger charge is 2.24. The Hall–Kier alpha value is -2.42. The Morgan fingerprint density at radius 2 is 1.83 bits per heavy atom. The predicted octanol–water partition coefficient (Wildman–Crippen LogP) is 4.93. The number of amides is 2. The summed E-state index contributed by atoms with van der Waals surface area (Å²) in [7, 11) is 0. The van der Waals surface area contributed by atoms with Crippen molar-refractivity contribution in [2.45, 2.75) is 6.42 Å². The third-order valence-corrected chi connectivity index (χ3v) is 6.40. The van der Waals surface area contributed by atoms with Crippen molar-refractivity contribution in [2.24, 2.45) is 0 Å². The smallest absolute Gasteiger partial charge is 0.322 e. The molecule has 3 aromatic rings. The molecule has 1 aromatic heterocycles. The molecule has 0 radical (unpaired) electrons. The first kappa shape index (κ1) is 20.8. The molecule has 6 nitrogen and oxygen atoms in total. The summed E-state index contributed by atoms with van der Waals surface area (Å²) in [5, 5.41) is 4.36. The van der Waals surface area contributed by atoms with Gasteiger partial charge in [0, 0.05) is 44.1 Å². The van der Waals surface area contributed by atoms with Crippen molar-refractivity contribution in [3.8, 4) is 0 Å². The second-order valence-corrected chi connectivity index (χ2v) is 8.32. The summed E-state index contributed by atoms with van der Waals surface area (Å²) in [4.78, 5) is 21.0. The van der Waals surface area contributed by atoms with Gasteiger partial charge in [-0.3, -0.25) is 0 Å². The lowest BCUT2D eigenvalue weighted by molar-refractivity contribution is 0.208. The Morgan fingerprint density at radius 3 is 2.57 bits per heavy atom. The fourth-order valence-electron chi connectivity index (χ4n) is 3.13. The average molecular weight is 466 g/mol. The van der Waals surface area contributed by atoms with Crippen LogP contribution in [0.4, 0.5) is 20.0 Å². The number of halogens is 3. The number of hydrogen-bond acceptors (Lipinski definition) is 5. The Bertz CT molecular complexity index is 1040. The number of nitrogens with zero attached hydrogens (tertiary/aromatic N) is 4. The van der Waals surface area contributed by atoms with Gasteiger partial charge in [-0.1, -0.05) is 41.4 Å². The first-order chi connectivity index (χ1) is 14.5. The molecule has 0 saturated carbocycles. The average Bonchev–Trinajstić information content (AvgIpc) is 3.22. The number of carbonyl (C=O) groups is 1. The van der Waals surface area contributed by atoms with Crippen molar-refractivity contribution in [3.05, 3.63) is 69.7 Å². The van der Waals surface area contributed by atoms with Crippen LogP contribution in [0.1, 0.15) is 11.4 Å². The van der Waals surface area contributed by atoms with Crippen molar-refractivity contribution in [1.29, 1.82) is 0 Å². The third kappa shape index (κ3) is 4.83. The first-order valence-corrected chi connectivity index (χ1v) is 10.8. The van der Waals surface area contributed by atoms with Crippen LogP contribution in [0.25, 0.3) is 0 Å². The highest BCUT2D eigenvalue weighted by atomic mass is 35.5. The lowest BCUT2D eigenvalue weighted by atomic mass is 10.1. The number of benzene rings is 2. The van der Waals surface area contributed by atoms with Crippen LogP contribution < -0.4 is 10.2 Å². The molecule has 4 rings (SSSR count). The van der Waals surface area contributed by atoms with Gasteiger partial charge in [0.25, 0.3) is 0 Å². The monoisotopic (exact) mass is 465 g/mol. The highest BCUT2D eigenvalue weighted by molar-refractivity contribution is 7.09. The Morgan fingerprint density at radius 1 is 1.10 bits per heavy atom. The van der Waals surface area contributed by atoms with Crippen molar-refractivity contribution >= 4 is 51.6 Å². The summed E-state index contributed by atoms with van der Waals surface area (Å²) in [5.41, 5.74) is 1.45. The molecule has 30 heavy (non-hydrogen) atoms. The number of anilines is 2. The second-order valence-electron chi connectivity index (χ2n) is 6.80. The van der Waals surface area contributed by atoms with E-state index >= 15 is 0 Å². The number of carbonyl (C=O) groups excluding carboxylic acids is 1. The zero-order chi connectivity index (χ0) is 21.1. The van der Waals surface area contributed by atoms with Crippen LogP contribution in [0.2, 0.25) is 10.0 Å². The molecular weight excluding hydrogens is 448 g/mol. The molecule has 1 aliphatic heterocycles. The zero-order valence-corrected chi connectivity index (χ0v) is 18.1. The van der Waals surface area contributed by atoms with E-state index in [2.05, 4.69) is 19.6 Å². The van der Waals surface area contributed by atoms with Crippen LogP contribution in [-0.4, -0.2) is 46.5 Å². The van der Waals surface area contributed by atoms with E-state index in [0.717, 1.165) is 10.7 Å². The third-order valence-electron chi connectivity index (χ3n) is 4.76. The number of piperazine rings is 1. The van der Waals surface area contributed by atoms with Crippen LogP contribution >= 0.6 is 34.7 Å². The van der Waals surface area contributed by atoms with Crippen molar-refractivity contribution in [3.63, 3.8) is 0 Å². The second kappa shape index (κ2) is 9.16. The predicted molar refractivity (Wildman–Crippen MR) is 118 cm³/mol. The van der Waals surface area contributed by atoms with Gasteiger partial charge in [0.05, 0.1) is 15.7 Å². The van der Waals surface area contributed by atoms with Gasteiger partial charge in [0.15, 0.2) is 0 Å². The molecule has 1 aliphatic rings. The molecule has 2 heterocycles. The van der Waals surface area contributed by atoms with E-state index < -0.39 is 0 Å². The topological polar surface area (TPSA) is 61.4 Å². The summed E-state index contributed by atoms with van der Waals surface area (Å²) in [5.74, 6) is 0.447. The van der Waals surface area contributed by atoms with Gasteiger partial charge in [0.1, 0.15) is 11.6 Å². The summed E-state index contributed by atoms with van der Waals surface area (Å²) in [6, 6.07) is 11.2. The summed E-state index contributed by atoms with van der Waals surface area (Å²) in [6.07, 6.45) is 0.555. The molecule has 156 valence electrons. The maximum Gasteiger partial charge on any atom is 0.322 e. The van der Waals surface area contributed by atoms with Crippen LogP contribution in [-0.2, 0) is 6.42 Å². The molecule has 0 spiro atoms.